The zero-order valence-corrected chi connectivity index (χ0v) is 35.3. The van der Waals surface area contributed by atoms with E-state index >= 15 is 0 Å². The highest BCUT2D eigenvalue weighted by molar-refractivity contribution is 5.76. The van der Waals surface area contributed by atoms with Gasteiger partial charge in [0.15, 0.2) is 6.29 Å². The molecule has 0 saturated carbocycles. The molecule has 1 amide bonds. The lowest BCUT2D eigenvalue weighted by Gasteiger charge is -2.40. The van der Waals surface area contributed by atoms with E-state index in [-0.39, 0.29) is 12.5 Å². The lowest BCUT2D eigenvalue weighted by molar-refractivity contribution is -0.302. The Morgan fingerprint density at radius 1 is 0.556 bits per heavy atom. The average Bonchev–Trinajstić information content (AvgIpc) is 3.17. The lowest BCUT2D eigenvalue weighted by atomic mass is 9.99. The minimum atomic E-state index is -1.55. The molecule has 1 aliphatic heterocycles. The summed E-state index contributed by atoms with van der Waals surface area (Å²) in [4.78, 5) is 12.9. The fourth-order valence-electron chi connectivity index (χ4n) is 7.69. The molecular weight excluding hydrogens is 682 g/mol. The maximum Gasteiger partial charge on any atom is 0.220 e. The topological polar surface area (TPSA) is 149 Å². The minimum absolute atomic E-state index is 0.132. The zero-order valence-electron chi connectivity index (χ0n) is 35.3. The first kappa shape index (κ1) is 51.2. The number of carbonyl (C=O) groups is 1. The van der Waals surface area contributed by atoms with Crippen LogP contribution in [0.5, 0.6) is 0 Å². The monoisotopic (exact) mass is 772 g/mol. The summed E-state index contributed by atoms with van der Waals surface area (Å²) in [6, 6.07) is -0.710. The standard InChI is InChI=1S/C45H89NO8/c1-3-5-7-9-11-13-15-16-17-18-19-20-21-22-23-24-25-27-29-31-33-35-41(49)46-38(37-53-45-44(52)43(51)42(50)40(36-47)54-45)39(48)34-32-30-28-26-14-12-10-8-6-4-2/h38-40,42-45,47-48,50-52H,3-37H2,1-2H3,(H,46,49)/t38-,39+,40-,42-,43?,44?,45-/m0/s1. The van der Waals surface area contributed by atoms with E-state index in [4.69, 9.17) is 9.47 Å². The van der Waals surface area contributed by atoms with Gasteiger partial charge in [-0.05, 0) is 12.8 Å². The Labute approximate surface area is 332 Å². The van der Waals surface area contributed by atoms with E-state index in [9.17, 15) is 30.3 Å². The molecule has 1 aliphatic rings. The van der Waals surface area contributed by atoms with E-state index in [1.807, 2.05) is 0 Å². The summed E-state index contributed by atoms with van der Waals surface area (Å²) in [6.07, 6.45) is 32.6. The fourth-order valence-corrected chi connectivity index (χ4v) is 7.69. The van der Waals surface area contributed by atoms with Gasteiger partial charge in [-0.25, -0.2) is 0 Å². The molecule has 0 spiro atoms. The van der Waals surface area contributed by atoms with Gasteiger partial charge in [0.2, 0.25) is 5.91 Å². The van der Waals surface area contributed by atoms with Crippen LogP contribution in [-0.2, 0) is 14.3 Å². The largest absolute Gasteiger partial charge is 0.394 e. The smallest absolute Gasteiger partial charge is 0.220 e. The third kappa shape index (κ3) is 26.9. The van der Waals surface area contributed by atoms with Crippen LogP contribution in [0.4, 0.5) is 0 Å². The van der Waals surface area contributed by atoms with Gasteiger partial charge in [-0.15, -0.1) is 0 Å². The molecule has 6 N–H and O–H groups in total. The van der Waals surface area contributed by atoms with Gasteiger partial charge in [-0.1, -0.05) is 206 Å². The molecule has 54 heavy (non-hydrogen) atoms. The maximum absolute atomic E-state index is 12.9. The van der Waals surface area contributed by atoms with Gasteiger partial charge < -0.3 is 40.3 Å². The summed E-state index contributed by atoms with van der Waals surface area (Å²) in [6.45, 7) is 3.83. The molecule has 0 bridgehead atoms. The van der Waals surface area contributed by atoms with Gasteiger partial charge in [-0.2, -0.15) is 0 Å². The molecule has 1 fully saturated rings. The van der Waals surface area contributed by atoms with Gasteiger partial charge in [-0.3, -0.25) is 4.79 Å². The molecule has 2 unspecified atom stereocenters. The second-order valence-corrected chi connectivity index (χ2v) is 16.6. The second-order valence-electron chi connectivity index (χ2n) is 16.6. The number of carbonyl (C=O) groups excluding carboxylic acids is 1. The summed E-state index contributed by atoms with van der Waals surface area (Å²) >= 11 is 0. The lowest BCUT2D eigenvalue weighted by Crippen LogP contribution is -2.60. The Kier molecular flexibility index (Phi) is 34.6. The highest BCUT2D eigenvalue weighted by Crippen LogP contribution is 2.23. The molecule has 9 heteroatoms. The molecule has 0 aromatic heterocycles. The highest BCUT2D eigenvalue weighted by atomic mass is 16.7. The second kappa shape index (κ2) is 36.5. The SMILES string of the molecule is CCCCCCCCCCCCCCCCCCCCCCCC(=O)N[C@@H](CO[C@H]1O[C@@H](CO)[C@H](O)C(O)C1O)[C@H](O)CCCCCCCCCCCC. The number of hydrogen-bond donors (Lipinski definition) is 6. The van der Waals surface area contributed by atoms with Crippen LogP contribution < -0.4 is 5.32 Å². The number of aliphatic hydroxyl groups excluding tert-OH is 5. The van der Waals surface area contributed by atoms with Crippen LogP contribution in [0.25, 0.3) is 0 Å². The number of amides is 1. The van der Waals surface area contributed by atoms with E-state index in [1.165, 1.54) is 161 Å². The van der Waals surface area contributed by atoms with Crippen molar-refractivity contribution in [3.05, 3.63) is 0 Å². The van der Waals surface area contributed by atoms with Crippen LogP contribution >= 0.6 is 0 Å². The first-order chi connectivity index (χ1) is 26.3. The van der Waals surface area contributed by atoms with Crippen LogP contribution in [0.3, 0.4) is 0 Å². The van der Waals surface area contributed by atoms with Crippen LogP contribution in [0.2, 0.25) is 0 Å². The average molecular weight is 772 g/mol. The van der Waals surface area contributed by atoms with E-state index in [1.54, 1.807) is 0 Å². The summed E-state index contributed by atoms with van der Waals surface area (Å²) in [5.74, 6) is -0.141. The minimum Gasteiger partial charge on any atom is -0.394 e. The summed E-state index contributed by atoms with van der Waals surface area (Å²) in [5, 5.41) is 54.2. The third-order valence-corrected chi connectivity index (χ3v) is 11.5. The highest BCUT2D eigenvalue weighted by Gasteiger charge is 2.44. The Hall–Kier alpha value is -0.810. The molecule has 9 nitrogen and oxygen atoms in total. The van der Waals surface area contributed by atoms with Gasteiger partial charge >= 0.3 is 0 Å². The Balaban J connectivity index is 2.24. The molecule has 7 atom stereocenters. The van der Waals surface area contributed by atoms with Gasteiger partial charge in [0.25, 0.3) is 0 Å². The van der Waals surface area contributed by atoms with Gasteiger partial charge in [0.05, 0.1) is 25.4 Å². The van der Waals surface area contributed by atoms with E-state index in [2.05, 4.69) is 19.2 Å². The summed E-state index contributed by atoms with van der Waals surface area (Å²) in [7, 11) is 0. The predicted molar refractivity (Wildman–Crippen MR) is 221 cm³/mol. The van der Waals surface area contributed by atoms with Gasteiger partial charge in [0, 0.05) is 6.42 Å². The Morgan fingerprint density at radius 3 is 1.31 bits per heavy atom. The van der Waals surface area contributed by atoms with Crippen molar-refractivity contribution in [2.24, 2.45) is 0 Å². The van der Waals surface area contributed by atoms with E-state index in [0.29, 0.717) is 12.8 Å². The Morgan fingerprint density at radius 2 is 0.926 bits per heavy atom. The fraction of sp³-hybridized carbons (Fsp3) is 0.978. The van der Waals surface area contributed by atoms with E-state index in [0.717, 1.165) is 38.5 Å². The summed E-state index contributed by atoms with van der Waals surface area (Å²) < 4.78 is 11.2. The van der Waals surface area contributed by atoms with Crippen LogP contribution in [0.15, 0.2) is 0 Å². The molecular formula is C45H89NO8. The number of ether oxygens (including phenoxy) is 2. The van der Waals surface area contributed by atoms with Crippen molar-refractivity contribution in [1.29, 1.82) is 0 Å². The van der Waals surface area contributed by atoms with Crippen LogP contribution in [0, 0.1) is 0 Å². The van der Waals surface area contributed by atoms with Gasteiger partial charge in [0.1, 0.15) is 24.4 Å². The van der Waals surface area contributed by atoms with Crippen LogP contribution in [-0.4, -0.2) is 87.5 Å². The number of unbranched alkanes of at least 4 members (excludes halogenated alkanes) is 29. The molecule has 1 rings (SSSR count). The molecule has 1 heterocycles. The van der Waals surface area contributed by atoms with Crippen molar-refractivity contribution in [2.45, 2.75) is 269 Å². The van der Waals surface area contributed by atoms with Crippen LogP contribution in [0.1, 0.15) is 226 Å². The van der Waals surface area contributed by atoms with Crippen molar-refractivity contribution in [2.75, 3.05) is 13.2 Å². The molecule has 322 valence electrons. The molecule has 0 aromatic rings. The first-order valence-electron chi connectivity index (χ1n) is 23.2. The van der Waals surface area contributed by atoms with E-state index < -0.39 is 49.5 Å². The third-order valence-electron chi connectivity index (χ3n) is 11.5. The van der Waals surface area contributed by atoms with Crippen molar-refractivity contribution in [1.82, 2.24) is 5.32 Å². The van der Waals surface area contributed by atoms with Crippen molar-refractivity contribution >= 4 is 5.91 Å². The molecule has 1 saturated heterocycles. The van der Waals surface area contributed by atoms with Crippen molar-refractivity contribution < 1.29 is 39.8 Å². The number of rotatable bonds is 39. The first-order valence-corrected chi connectivity index (χ1v) is 23.2. The normalized spacial score (nSPS) is 21.4. The number of hydrogen-bond acceptors (Lipinski definition) is 8. The maximum atomic E-state index is 12.9. The van der Waals surface area contributed by atoms with Crippen molar-refractivity contribution in [3.63, 3.8) is 0 Å². The Bertz CT molecular complexity index is 817. The zero-order chi connectivity index (χ0) is 39.5. The number of aliphatic hydroxyl groups is 5. The molecule has 0 aromatic carbocycles. The summed E-state index contributed by atoms with van der Waals surface area (Å²) in [5.41, 5.74) is 0. The predicted octanol–water partition coefficient (Wildman–Crippen LogP) is 9.56. The van der Waals surface area contributed by atoms with Crippen molar-refractivity contribution in [3.8, 4) is 0 Å². The molecule has 0 radical (unpaired) electrons. The quantitative estimate of drug-likeness (QED) is 0.0339. The number of nitrogens with one attached hydrogen (secondary N) is 1. The molecule has 0 aliphatic carbocycles.